The molecule has 0 aromatic heterocycles. The summed E-state index contributed by atoms with van der Waals surface area (Å²) >= 11 is 0. The SMILES string of the molecule is CCN(CCO)C(=O)C(C)c1cccc(C)c1. The smallest absolute Gasteiger partial charge is 0.229 e. The monoisotopic (exact) mass is 235 g/mol. The van der Waals surface area contributed by atoms with Crippen LogP contribution in [-0.4, -0.2) is 35.6 Å². The molecule has 0 saturated heterocycles. The highest BCUT2D eigenvalue weighted by Crippen LogP contribution is 2.18. The number of hydrogen-bond acceptors (Lipinski definition) is 2. The number of likely N-dealkylation sites (N-methyl/N-ethyl adjacent to an activating group) is 1. The maximum absolute atomic E-state index is 12.2. The zero-order valence-electron chi connectivity index (χ0n) is 10.8. The summed E-state index contributed by atoms with van der Waals surface area (Å²) < 4.78 is 0. The van der Waals surface area contributed by atoms with Gasteiger partial charge in [0, 0.05) is 13.1 Å². The molecule has 1 aromatic carbocycles. The molecule has 0 spiro atoms. The number of benzene rings is 1. The Kier molecular flexibility index (Phi) is 5.16. The van der Waals surface area contributed by atoms with Gasteiger partial charge in [0.25, 0.3) is 0 Å². The molecule has 0 bridgehead atoms. The van der Waals surface area contributed by atoms with Gasteiger partial charge in [-0.1, -0.05) is 29.8 Å². The Morgan fingerprint density at radius 3 is 2.71 bits per heavy atom. The van der Waals surface area contributed by atoms with Crippen LogP contribution in [0.3, 0.4) is 0 Å². The average Bonchev–Trinajstić information content (AvgIpc) is 2.34. The minimum atomic E-state index is -0.151. The number of aliphatic hydroxyl groups excluding tert-OH is 1. The highest BCUT2D eigenvalue weighted by molar-refractivity contribution is 5.83. The summed E-state index contributed by atoms with van der Waals surface area (Å²) in [5.41, 5.74) is 2.19. The maximum Gasteiger partial charge on any atom is 0.229 e. The third-order valence-electron chi connectivity index (χ3n) is 2.98. The van der Waals surface area contributed by atoms with Crippen molar-refractivity contribution in [2.45, 2.75) is 26.7 Å². The largest absolute Gasteiger partial charge is 0.395 e. The molecule has 1 N–H and O–H groups in total. The van der Waals surface area contributed by atoms with Crippen LogP contribution in [0.4, 0.5) is 0 Å². The number of rotatable bonds is 5. The number of amides is 1. The molecule has 0 aliphatic rings. The quantitative estimate of drug-likeness (QED) is 0.847. The van der Waals surface area contributed by atoms with Gasteiger partial charge in [0.05, 0.1) is 12.5 Å². The second-order valence-electron chi connectivity index (χ2n) is 4.28. The molecule has 3 heteroatoms. The van der Waals surface area contributed by atoms with Crippen LogP contribution >= 0.6 is 0 Å². The van der Waals surface area contributed by atoms with Crippen LogP contribution in [0.1, 0.15) is 30.9 Å². The van der Waals surface area contributed by atoms with Crippen molar-refractivity contribution in [1.82, 2.24) is 4.90 Å². The predicted octanol–water partition coefficient (Wildman–Crippen LogP) is 1.94. The van der Waals surface area contributed by atoms with E-state index in [1.165, 1.54) is 0 Å². The second-order valence-corrected chi connectivity index (χ2v) is 4.28. The van der Waals surface area contributed by atoms with Crippen molar-refractivity contribution in [3.05, 3.63) is 35.4 Å². The Labute approximate surface area is 103 Å². The van der Waals surface area contributed by atoms with Crippen molar-refractivity contribution in [2.24, 2.45) is 0 Å². The van der Waals surface area contributed by atoms with E-state index < -0.39 is 0 Å². The fourth-order valence-electron chi connectivity index (χ4n) is 1.90. The van der Waals surface area contributed by atoms with Gasteiger partial charge in [0.2, 0.25) is 5.91 Å². The van der Waals surface area contributed by atoms with Gasteiger partial charge in [-0.25, -0.2) is 0 Å². The van der Waals surface area contributed by atoms with E-state index in [1.807, 2.05) is 45.0 Å². The van der Waals surface area contributed by atoms with Crippen LogP contribution in [0.15, 0.2) is 24.3 Å². The Balaban J connectivity index is 2.81. The first-order valence-corrected chi connectivity index (χ1v) is 6.06. The number of aryl methyl sites for hydroxylation is 1. The first kappa shape index (κ1) is 13.7. The normalized spacial score (nSPS) is 12.2. The number of carbonyl (C=O) groups is 1. The van der Waals surface area contributed by atoms with Crippen LogP contribution in [0, 0.1) is 6.92 Å². The first-order chi connectivity index (χ1) is 8.10. The number of carbonyl (C=O) groups excluding carboxylic acids is 1. The van der Waals surface area contributed by atoms with Crippen molar-refractivity contribution in [2.75, 3.05) is 19.7 Å². The lowest BCUT2D eigenvalue weighted by Crippen LogP contribution is -2.36. The minimum Gasteiger partial charge on any atom is -0.395 e. The summed E-state index contributed by atoms with van der Waals surface area (Å²) in [6, 6.07) is 8.00. The molecular formula is C14H21NO2. The van der Waals surface area contributed by atoms with E-state index in [0.29, 0.717) is 13.1 Å². The van der Waals surface area contributed by atoms with Crippen molar-refractivity contribution in [3.63, 3.8) is 0 Å². The van der Waals surface area contributed by atoms with E-state index in [9.17, 15) is 4.79 Å². The fraction of sp³-hybridized carbons (Fsp3) is 0.500. The molecule has 0 fully saturated rings. The second kappa shape index (κ2) is 6.40. The third-order valence-corrected chi connectivity index (χ3v) is 2.98. The van der Waals surface area contributed by atoms with Crippen LogP contribution in [0.25, 0.3) is 0 Å². The topological polar surface area (TPSA) is 40.5 Å². The van der Waals surface area contributed by atoms with E-state index >= 15 is 0 Å². The molecule has 0 heterocycles. The number of aliphatic hydroxyl groups is 1. The summed E-state index contributed by atoms with van der Waals surface area (Å²) in [6.07, 6.45) is 0. The maximum atomic E-state index is 12.2. The summed E-state index contributed by atoms with van der Waals surface area (Å²) in [5, 5.41) is 8.92. The van der Waals surface area contributed by atoms with Crippen molar-refractivity contribution in [3.8, 4) is 0 Å². The summed E-state index contributed by atoms with van der Waals surface area (Å²) in [6.45, 7) is 6.92. The zero-order chi connectivity index (χ0) is 12.8. The molecule has 0 saturated carbocycles. The third kappa shape index (κ3) is 3.56. The molecule has 0 radical (unpaired) electrons. The predicted molar refractivity (Wildman–Crippen MR) is 68.9 cm³/mol. The first-order valence-electron chi connectivity index (χ1n) is 6.06. The van der Waals surface area contributed by atoms with Gasteiger partial charge in [-0.15, -0.1) is 0 Å². The summed E-state index contributed by atoms with van der Waals surface area (Å²) in [5.74, 6) is -0.0754. The molecule has 1 unspecified atom stereocenters. The van der Waals surface area contributed by atoms with E-state index in [2.05, 4.69) is 0 Å². The standard InChI is InChI=1S/C14H21NO2/c1-4-15(8-9-16)14(17)12(3)13-7-5-6-11(2)10-13/h5-7,10,12,16H,4,8-9H2,1-3H3. The van der Waals surface area contributed by atoms with Gasteiger partial charge in [0.15, 0.2) is 0 Å². The molecule has 0 aliphatic carbocycles. The Bertz CT molecular complexity index is 376. The molecule has 17 heavy (non-hydrogen) atoms. The Morgan fingerprint density at radius 2 is 2.18 bits per heavy atom. The van der Waals surface area contributed by atoms with Gasteiger partial charge in [0.1, 0.15) is 0 Å². The van der Waals surface area contributed by atoms with Gasteiger partial charge >= 0.3 is 0 Å². The van der Waals surface area contributed by atoms with Crippen LogP contribution < -0.4 is 0 Å². The van der Waals surface area contributed by atoms with Crippen molar-refractivity contribution < 1.29 is 9.90 Å². The van der Waals surface area contributed by atoms with Gasteiger partial charge in [-0.3, -0.25) is 4.79 Å². The van der Waals surface area contributed by atoms with Crippen LogP contribution in [0.2, 0.25) is 0 Å². The highest BCUT2D eigenvalue weighted by Gasteiger charge is 2.20. The van der Waals surface area contributed by atoms with Crippen LogP contribution in [-0.2, 0) is 4.79 Å². The van der Waals surface area contributed by atoms with E-state index in [0.717, 1.165) is 11.1 Å². The van der Waals surface area contributed by atoms with E-state index in [4.69, 9.17) is 5.11 Å². The summed E-state index contributed by atoms with van der Waals surface area (Å²) in [7, 11) is 0. The van der Waals surface area contributed by atoms with Crippen molar-refractivity contribution in [1.29, 1.82) is 0 Å². The van der Waals surface area contributed by atoms with E-state index in [-0.39, 0.29) is 18.4 Å². The molecule has 94 valence electrons. The lowest BCUT2D eigenvalue weighted by atomic mass is 9.98. The van der Waals surface area contributed by atoms with Gasteiger partial charge in [-0.2, -0.15) is 0 Å². The fourth-order valence-corrected chi connectivity index (χ4v) is 1.90. The number of hydrogen-bond donors (Lipinski definition) is 1. The molecule has 1 aromatic rings. The van der Waals surface area contributed by atoms with Gasteiger partial charge in [-0.05, 0) is 26.3 Å². The molecule has 1 rings (SSSR count). The van der Waals surface area contributed by atoms with Crippen molar-refractivity contribution >= 4 is 5.91 Å². The minimum absolute atomic E-state index is 0.0140. The highest BCUT2D eigenvalue weighted by atomic mass is 16.3. The summed E-state index contributed by atoms with van der Waals surface area (Å²) in [4.78, 5) is 13.9. The molecular weight excluding hydrogens is 214 g/mol. The number of nitrogens with zero attached hydrogens (tertiary/aromatic N) is 1. The Morgan fingerprint density at radius 1 is 1.47 bits per heavy atom. The lowest BCUT2D eigenvalue weighted by Gasteiger charge is -2.24. The molecule has 1 atom stereocenters. The lowest BCUT2D eigenvalue weighted by molar-refractivity contribution is -0.132. The Hall–Kier alpha value is -1.35. The molecule has 1 amide bonds. The van der Waals surface area contributed by atoms with Gasteiger partial charge < -0.3 is 10.0 Å². The van der Waals surface area contributed by atoms with E-state index in [1.54, 1.807) is 4.90 Å². The average molecular weight is 235 g/mol. The van der Waals surface area contributed by atoms with Crippen LogP contribution in [0.5, 0.6) is 0 Å². The molecule has 0 aliphatic heterocycles. The molecule has 3 nitrogen and oxygen atoms in total. The zero-order valence-corrected chi connectivity index (χ0v) is 10.8.